The highest BCUT2D eigenvalue weighted by Gasteiger charge is 2.49. The number of aliphatic hydroxyl groups is 1. The molecule has 1 aliphatic rings. The van der Waals surface area contributed by atoms with Crippen molar-refractivity contribution in [2.24, 2.45) is 0 Å². The number of carbonyl (C=O) groups excluding carboxylic acids is 2. The average Bonchev–Trinajstić information content (AvgIpc) is 3.37. The van der Waals surface area contributed by atoms with Crippen LogP contribution >= 0.6 is 11.6 Å². The van der Waals surface area contributed by atoms with E-state index in [0.717, 1.165) is 12.1 Å². The third-order valence-corrected chi connectivity index (χ3v) is 5.58. The lowest BCUT2D eigenvalue weighted by atomic mass is 9.98. The quantitative estimate of drug-likeness (QED) is 0.349. The SMILES string of the molecule is COc1ccc(F)cc1/C(O)=C1/C(=O)C(=O)N(c2cccc(Cl)c2C)C1c1ccco1. The van der Waals surface area contributed by atoms with Crippen molar-refractivity contribution >= 4 is 34.7 Å². The number of amides is 1. The molecule has 1 saturated heterocycles. The van der Waals surface area contributed by atoms with E-state index in [-0.39, 0.29) is 22.6 Å². The molecular formula is C23H17ClFNO5. The second kappa shape index (κ2) is 7.92. The maximum Gasteiger partial charge on any atom is 0.300 e. The van der Waals surface area contributed by atoms with Crippen molar-refractivity contribution in [3.05, 3.63) is 88.1 Å². The fraction of sp³-hybridized carbons (Fsp3) is 0.130. The minimum absolute atomic E-state index is 0.0557. The van der Waals surface area contributed by atoms with Gasteiger partial charge in [-0.25, -0.2) is 4.39 Å². The molecule has 1 unspecified atom stereocenters. The predicted octanol–water partition coefficient (Wildman–Crippen LogP) is 5.02. The summed E-state index contributed by atoms with van der Waals surface area (Å²) in [5.41, 5.74) is 0.662. The summed E-state index contributed by atoms with van der Waals surface area (Å²) in [5, 5.41) is 11.5. The lowest BCUT2D eigenvalue weighted by Gasteiger charge is -2.25. The normalized spacial score (nSPS) is 17.9. The Kier molecular flexibility index (Phi) is 5.29. The largest absolute Gasteiger partial charge is 0.507 e. The van der Waals surface area contributed by atoms with Crippen molar-refractivity contribution in [1.29, 1.82) is 0 Å². The molecule has 4 rings (SSSR count). The molecule has 158 valence electrons. The molecule has 6 nitrogen and oxygen atoms in total. The van der Waals surface area contributed by atoms with Crippen LogP contribution in [0.4, 0.5) is 10.1 Å². The molecule has 0 bridgehead atoms. The van der Waals surface area contributed by atoms with Crippen molar-refractivity contribution < 1.29 is 28.2 Å². The molecule has 1 aliphatic heterocycles. The zero-order valence-electron chi connectivity index (χ0n) is 16.6. The molecule has 0 spiro atoms. The Morgan fingerprint density at radius 2 is 1.97 bits per heavy atom. The zero-order chi connectivity index (χ0) is 22.3. The van der Waals surface area contributed by atoms with Crippen LogP contribution in [-0.2, 0) is 9.59 Å². The number of ketones is 1. The molecule has 2 aromatic carbocycles. The summed E-state index contributed by atoms with van der Waals surface area (Å²) < 4.78 is 24.6. The van der Waals surface area contributed by atoms with Gasteiger partial charge in [0.05, 0.1) is 24.5 Å². The number of rotatable bonds is 4. The minimum Gasteiger partial charge on any atom is -0.507 e. The third kappa shape index (κ3) is 3.37. The first-order valence-electron chi connectivity index (χ1n) is 9.28. The first kappa shape index (κ1) is 20.7. The monoisotopic (exact) mass is 441 g/mol. The number of nitrogens with zero attached hydrogens (tertiary/aromatic N) is 1. The Bertz CT molecular complexity index is 1220. The Hall–Kier alpha value is -3.58. The molecule has 1 aromatic heterocycles. The fourth-order valence-corrected chi connectivity index (χ4v) is 3.83. The number of hydrogen-bond acceptors (Lipinski definition) is 5. The summed E-state index contributed by atoms with van der Waals surface area (Å²) in [4.78, 5) is 27.4. The van der Waals surface area contributed by atoms with Crippen molar-refractivity contribution in [3.63, 3.8) is 0 Å². The zero-order valence-corrected chi connectivity index (χ0v) is 17.3. The highest BCUT2D eigenvalue weighted by Crippen LogP contribution is 2.44. The molecule has 1 amide bonds. The first-order valence-corrected chi connectivity index (χ1v) is 9.66. The number of ether oxygens (including phenoxy) is 1. The van der Waals surface area contributed by atoms with E-state index < -0.39 is 29.3 Å². The van der Waals surface area contributed by atoms with Gasteiger partial charge in [0.15, 0.2) is 0 Å². The maximum absolute atomic E-state index is 13.9. The van der Waals surface area contributed by atoms with Crippen LogP contribution in [0.25, 0.3) is 5.76 Å². The number of anilines is 1. The lowest BCUT2D eigenvalue weighted by molar-refractivity contribution is -0.132. The highest BCUT2D eigenvalue weighted by atomic mass is 35.5. The van der Waals surface area contributed by atoms with Gasteiger partial charge < -0.3 is 14.3 Å². The highest BCUT2D eigenvalue weighted by molar-refractivity contribution is 6.52. The standard InChI is InChI=1S/C23H17ClFNO5/c1-12-15(24)5-3-6-16(12)26-20(18-7-4-10-31-18)19(22(28)23(26)29)21(27)14-11-13(25)8-9-17(14)30-2/h3-11,20,27H,1-2H3/b21-19-. The van der Waals surface area contributed by atoms with E-state index in [1.54, 1.807) is 37.3 Å². The molecule has 3 aromatic rings. The topological polar surface area (TPSA) is 80.0 Å². The van der Waals surface area contributed by atoms with Gasteiger partial charge in [0, 0.05) is 10.7 Å². The summed E-state index contributed by atoms with van der Waals surface area (Å²) in [5.74, 6) is -2.64. The number of benzene rings is 2. The summed E-state index contributed by atoms with van der Waals surface area (Å²) in [6, 6.07) is 10.6. The van der Waals surface area contributed by atoms with Gasteiger partial charge in [-0.3, -0.25) is 14.5 Å². The summed E-state index contributed by atoms with van der Waals surface area (Å²) in [6.07, 6.45) is 1.39. The van der Waals surface area contributed by atoms with Gasteiger partial charge in [-0.15, -0.1) is 0 Å². The summed E-state index contributed by atoms with van der Waals surface area (Å²) in [6.45, 7) is 1.71. The molecule has 1 fully saturated rings. The van der Waals surface area contributed by atoms with Gasteiger partial charge in [0.1, 0.15) is 29.1 Å². The molecule has 0 radical (unpaired) electrons. The molecule has 2 heterocycles. The van der Waals surface area contributed by atoms with E-state index in [0.29, 0.717) is 16.3 Å². The van der Waals surface area contributed by atoms with Crippen LogP contribution in [0.1, 0.15) is 22.9 Å². The molecule has 0 saturated carbocycles. The van der Waals surface area contributed by atoms with Crippen LogP contribution in [0.2, 0.25) is 5.02 Å². The Morgan fingerprint density at radius 3 is 2.65 bits per heavy atom. The van der Waals surface area contributed by atoms with Crippen molar-refractivity contribution in [1.82, 2.24) is 0 Å². The molecule has 1 atom stereocenters. The summed E-state index contributed by atoms with van der Waals surface area (Å²) >= 11 is 6.23. The number of halogens is 2. The molecule has 0 aliphatic carbocycles. The number of carbonyl (C=O) groups is 2. The van der Waals surface area contributed by atoms with Crippen LogP contribution in [0.5, 0.6) is 5.75 Å². The van der Waals surface area contributed by atoms with Crippen molar-refractivity contribution in [2.45, 2.75) is 13.0 Å². The van der Waals surface area contributed by atoms with E-state index in [1.165, 1.54) is 24.3 Å². The Morgan fingerprint density at radius 1 is 1.19 bits per heavy atom. The van der Waals surface area contributed by atoms with E-state index in [9.17, 15) is 19.1 Å². The first-order chi connectivity index (χ1) is 14.8. The Balaban J connectivity index is 1.99. The van der Waals surface area contributed by atoms with E-state index in [2.05, 4.69) is 0 Å². The van der Waals surface area contributed by atoms with Gasteiger partial charge in [-0.05, 0) is 55.0 Å². The van der Waals surface area contributed by atoms with Gasteiger partial charge in [-0.1, -0.05) is 17.7 Å². The number of methoxy groups -OCH3 is 1. The fourth-order valence-electron chi connectivity index (χ4n) is 3.66. The van der Waals surface area contributed by atoms with Crippen LogP contribution in [-0.4, -0.2) is 23.9 Å². The van der Waals surface area contributed by atoms with Gasteiger partial charge >= 0.3 is 0 Å². The summed E-state index contributed by atoms with van der Waals surface area (Å²) in [7, 11) is 1.35. The second-order valence-corrected chi connectivity index (χ2v) is 7.32. The molecule has 1 N–H and O–H groups in total. The predicted molar refractivity (Wildman–Crippen MR) is 113 cm³/mol. The molecule has 31 heavy (non-hydrogen) atoms. The van der Waals surface area contributed by atoms with E-state index >= 15 is 0 Å². The van der Waals surface area contributed by atoms with Gasteiger partial charge in [0.25, 0.3) is 11.7 Å². The molecular weight excluding hydrogens is 425 g/mol. The van der Waals surface area contributed by atoms with Crippen LogP contribution < -0.4 is 9.64 Å². The number of hydrogen-bond donors (Lipinski definition) is 1. The third-order valence-electron chi connectivity index (χ3n) is 5.17. The van der Waals surface area contributed by atoms with Crippen molar-refractivity contribution in [2.75, 3.05) is 12.0 Å². The van der Waals surface area contributed by atoms with Crippen LogP contribution in [0.3, 0.4) is 0 Å². The average molecular weight is 442 g/mol. The minimum atomic E-state index is -1.08. The van der Waals surface area contributed by atoms with Crippen LogP contribution in [0, 0.1) is 12.7 Å². The van der Waals surface area contributed by atoms with Crippen molar-refractivity contribution in [3.8, 4) is 5.75 Å². The van der Waals surface area contributed by atoms with E-state index in [1.807, 2.05) is 0 Å². The number of Topliss-reactive ketones (excluding diaryl/α,β-unsaturated/α-hetero) is 1. The lowest BCUT2D eigenvalue weighted by Crippen LogP contribution is -2.30. The van der Waals surface area contributed by atoms with E-state index in [4.69, 9.17) is 20.8 Å². The Labute approximate surface area is 182 Å². The maximum atomic E-state index is 13.9. The number of aliphatic hydroxyl groups excluding tert-OH is 1. The van der Waals surface area contributed by atoms with Crippen LogP contribution in [0.15, 0.2) is 64.8 Å². The van der Waals surface area contributed by atoms with Gasteiger partial charge in [0.2, 0.25) is 0 Å². The van der Waals surface area contributed by atoms with Gasteiger partial charge in [-0.2, -0.15) is 0 Å². The smallest absolute Gasteiger partial charge is 0.300 e. The number of furan rings is 1. The molecule has 8 heteroatoms. The second-order valence-electron chi connectivity index (χ2n) is 6.91.